The third kappa shape index (κ3) is 6.15. The molecule has 0 aromatic heterocycles. The van der Waals surface area contributed by atoms with Gasteiger partial charge in [-0.15, -0.1) is 0 Å². The van der Waals surface area contributed by atoms with Gasteiger partial charge in [0.2, 0.25) is 0 Å². The van der Waals surface area contributed by atoms with E-state index in [4.69, 9.17) is 10.1 Å². The maximum atomic E-state index is 12.1. The Bertz CT molecular complexity index is 790. The Labute approximate surface area is 146 Å². The fourth-order valence-corrected chi connectivity index (χ4v) is 3.28. The quantitative estimate of drug-likeness (QED) is 0.314. The zero-order valence-corrected chi connectivity index (χ0v) is 15.1. The third-order valence-corrected chi connectivity index (χ3v) is 5.07. The van der Waals surface area contributed by atoms with Gasteiger partial charge in [0.1, 0.15) is 12.4 Å². The van der Waals surface area contributed by atoms with Gasteiger partial charge in [-0.05, 0) is 32.9 Å². The molecule has 25 heavy (non-hydrogen) atoms. The van der Waals surface area contributed by atoms with Crippen molar-refractivity contribution in [3.05, 3.63) is 41.2 Å². The van der Waals surface area contributed by atoms with Gasteiger partial charge in [0.05, 0.1) is 22.6 Å². The smallest absolute Gasteiger partial charge is 0.307 e. The summed E-state index contributed by atoms with van der Waals surface area (Å²) in [5.74, 6) is -2.31. The zero-order chi connectivity index (χ0) is 19.2. The molecule has 0 atom stereocenters. The topological polar surface area (TPSA) is 122 Å². The molecule has 7 nitrogen and oxygen atoms in total. The van der Waals surface area contributed by atoms with Crippen LogP contribution in [0.5, 0.6) is 0 Å². The van der Waals surface area contributed by atoms with Crippen molar-refractivity contribution in [3.63, 3.8) is 0 Å². The molecule has 0 aliphatic carbocycles. The first-order valence-corrected chi connectivity index (χ1v) is 9.13. The molecular formula is C17H21NO6S. The summed E-state index contributed by atoms with van der Waals surface area (Å²) in [6.07, 6.45) is -0.386. The van der Waals surface area contributed by atoms with Crippen molar-refractivity contribution in [2.75, 3.05) is 12.4 Å². The zero-order valence-electron chi connectivity index (χ0n) is 14.3. The van der Waals surface area contributed by atoms with E-state index in [0.29, 0.717) is 0 Å². The molecule has 0 radical (unpaired) electrons. The van der Waals surface area contributed by atoms with Gasteiger partial charge in [0, 0.05) is 5.71 Å². The predicted molar refractivity (Wildman–Crippen MR) is 92.5 cm³/mol. The molecule has 8 heteroatoms. The molecule has 0 heterocycles. The number of rotatable bonds is 8. The standard InChI is InChI=1S/C17H21NO6S/c1-11-4-6-14(7-5-11)25(22,23)9-8-16(21)24-10-15(20)17(12(2)18)13(3)19/h4-7,18,20H,8-10H2,1-3H3/b17-15-,18-12?. The van der Waals surface area contributed by atoms with Crippen LogP contribution in [0.3, 0.4) is 0 Å². The highest BCUT2D eigenvalue weighted by Gasteiger charge is 2.18. The number of allylic oxidation sites excluding steroid dienone is 1. The van der Waals surface area contributed by atoms with E-state index < -0.39 is 39.7 Å². The number of carbonyl (C=O) groups excluding carboxylic acids is 2. The number of hydrogen-bond donors (Lipinski definition) is 2. The van der Waals surface area contributed by atoms with Crippen molar-refractivity contribution < 1.29 is 27.9 Å². The number of ketones is 1. The molecule has 0 spiro atoms. The lowest BCUT2D eigenvalue weighted by Gasteiger charge is -2.08. The number of hydrogen-bond acceptors (Lipinski definition) is 7. The first kappa shape index (κ1) is 20.6. The summed E-state index contributed by atoms with van der Waals surface area (Å²) in [5.41, 5.74) is 0.548. The van der Waals surface area contributed by atoms with Gasteiger partial charge in [-0.3, -0.25) is 9.59 Å². The molecule has 1 rings (SSSR count). The summed E-state index contributed by atoms with van der Waals surface area (Å²) in [6.45, 7) is 3.75. The van der Waals surface area contributed by atoms with Crippen LogP contribution < -0.4 is 0 Å². The molecular weight excluding hydrogens is 346 g/mol. The number of sulfone groups is 1. The second-order valence-corrected chi connectivity index (χ2v) is 7.65. The third-order valence-electron chi connectivity index (χ3n) is 3.34. The van der Waals surface area contributed by atoms with Crippen molar-refractivity contribution >= 4 is 27.3 Å². The average molecular weight is 367 g/mol. The van der Waals surface area contributed by atoms with Crippen LogP contribution in [0.1, 0.15) is 25.8 Å². The number of carbonyl (C=O) groups is 2. The van der Waals surface area contributed by atoms with Gasteiger partial charge in [0.15, 0.2) is 15.6 Å². The highest BCUT2D eigenvalue weighted by molar-refractivity contribution is 7.91. The number of aryl methyl sites for hydroxylation is 1. The lowest BCUT2D eigenvalue weighted by atomic mass is 10.1. The molecule has 136 valence electrons. The molecule has 0 aliphatic heterocycles. The second-order valence-electron chi connectivity index (χ2n) is 5.55. The summed E-state index contributed by atoms with van der Waals surface area (Å²) < 4.78 is 29.0. The van der Waals surface area contributed by atoms with E-state index in [1.54, 1.807) is 12.1 Å². The minimum absolute atomic E-state index is 0.118. The summed E-state index contributed by atoms with van der Waals surface area (Å²) in [6, 6.07) is 6.27. The normalized spacial score (nSPS) is 12.3. The van der Waals surface area contributed by atoms with Gasteiger partial charge in [-0.1, -0.05) is 17.7 Å². The molecule has 1 aromatic carbocycles. The van der Waals surface area contributed by atoms with Crippen LogP contribution in [0, 0.1) is 12.3 Å². The van der Waals surface area contributed by atoms with Crippen LogP contribution in [-0.2, 0) is 24.2 Å². The Morgan fingerprint density at radius 3 is 2.20 bits per heavy atom. The number of benzene rings is 1. The van der Waals surface area contributed by atoms with E-state index in [2.05, 4.69) is 0 Å². The van der Waals surface area contributed by atoms with Gasteiger partial charge in [-0.2, -0.15) is 0 Å². The van der Waals surface area contributed by atoms with Gasteiger partial charge >= 0.3 is 5.97 Å². The maximum Gasteiger partial charge on any atom is 0.307 e. The Balaban J connectivity index is 2.66. The van der Waals surface area contributed by atoms with Crippen LogP contribution in [0.25, 0.3) is 0 Å². The van der Waals surface area contributed by atoms with Crippen molar-refractivity contribution in [2.45, 2.75) is 32.1 Å². The number of esters is 1. The molecule has 0 saturated carbocycles. The summed E-state index contributed by atoms with van der Waals surface area (Å²) in [7, 11) is -3.62. The van der Waals surface area contributed by atoms with Gasteiger partial charge in [-0.25, -0.2) is 8.42 Å². The fraction of sp³-hybridized carbons (Fsp3) is 0.353. The maximum absolute atomic E-state index is 12.1. The first-order valence-electron chi connectivity index (χ1n) is 7.48. The van der Waals surface area contributed by atoms with E-state index in [9.17, 15) is 23.1 Å². The summed E-state index contributed by atoms with van der Waals surface area (Å²) in [5, 5.41) is 17.2. The van der Waals surface area contributed by atoms with Crippen LogP contribution in [-0.4, -0.2) is 43.3 Å². The van der Waals surface area contributed by atoms with Crippen molar-refractivity contribution in [1.82, 2.24) is 0 Å². The molecule has 0 bridgehead atoms. The van der Waals surface area contributed by atoms with E-state index in [-0.39, 0.29) is 22.6 Å². The van der Waals surface area contributed by atoms with Crippen molar-refractivity contribution in [2.24, 2.45) is 0 Å². The SMILES string of the molecule is CC(=N)/C(C(C)=O)=C(/O)COC(=O)CCS(=O)(=O)c1ccc(C)cc1. The minimum atomic E-state index is -3.62. The van der Waals surface area contributed by atoms with Crippen molar-refractivity contribution in [3.8, 4) is 0 Å². The largest absolute Gasteiger partial charge is 0.508 e. The fourth-order valence-electron chi connectivity index (χ4n) is 2.06. The van der Waals surface area contributed by atoms with Crippen LogP contribution in [0.2, 0.25) is 0 Å². The highest BCUT2D eigenvalue weighted by Crippen LogP contribution is 2.13. The Morgan fingerprint density at radius 1 is 1.16 bits per heavy atom. The van der Waals surface area contributed by atoms with E-state index in [0.717, 1.165) is 5.56 Å². The molecule has 0 unspecified atom stereocenters. The van der Waals surface area contributed by atoms with Crippen molar-refractivity contribution in [1.29, 1.82) is 5.41 Å². The van der Waals surface area contributed by atoms with Gasteiger partial charge in [0.25, 0.3) is 0 Å². The molecule has 1 aromatic rings. The lowest BCUT2D eigenvalue weighted by Crippen LogP contribution is -2.17. The number of aliphatic hydroxyl groups is 1. The molecule has 2 N–H and O–H groups in total. The molecule has 0 aliphatic rings. The number of ether oxygens (including phenoxy) is 1. The summed E-state index contributed by atoms with van der Waals surface area (Å²) in [4.78, 5) is 23.1. The van der Waals surface area contributed by atoms with Gasteiger partial charge < -0.3 is 15.3 Å². The van der Waals surface area contributed by atoms with E-state index in [1.165, 1.54) is 26.0 Å². The van der Waals surface area contributed by atoms with Crippen LogP contribution in [0.15, 0.2) is 40.5 Å². The monoisotopic (exact) mass is 367 g/mol. The van der Waals surface area contributed by atoms with E-state index >= 15 is 0 Å². The molecule has 0 saturated heterocycles. The van der Waals surface area contributed by atoms with Crippen LogP contribution in [0.4, 0.5) is 0 Å². The number of aliphatic hydroxyl groups excluding tert-OH is 1. The Kier molecular flexibility index (Phi) is 7.05. The summed E-state index contributed by atoms with van der Waals surface area (Å²) >= 11 is 0. The minimum Gasteiger partial charge on any atom is -0.508 e. The Morgan fingerprint density at radius 2 is 1.72 bits per heavy atom. The van der Waals surface area contributed by atoms with Crippen LogP contribution >= 0.6 is 0 Å². The molecule has 0 amide bonds. The lowest BCUT2D eigenvalue weighted by molar-refractivity contribution is -0.143. The number of Topliss-reactive ketones (excluding diaryl/α,β-unsaturated/α-hetero) is 1. The first-order chi connectivity index (χ1) is 11.5. The second kappa shape index (κ2) is 8.57. The predicted octanol–water partition coefficient (Wildman–Crippen LogP) is 2.14. The molecule has 0 fully saturated rings. The average Bonchev–Trinajstić information content (AvgIpc) is 2.50. The highest BCUT2D eigenvalue weighted by atomic mass is 32.2. The van der Waals surface area contributed by atoms with E-state index in [1.807, 2.05) is 6.92 Å². The Hall–Kier alpha value is -2.48. The number of nitrogens with one attached hydrogen (secondary N) is 1.